The van der Waals surface area contributed by atoms with Crippen molar-refractivity contribution in [3.8, 4) is 17.2 Å². The average molecular weight is 620 g/mol. The number of hydrazone groups is 1. The summed E-state index contributed by atoms with van der Waals surface area (Å²) in [5, 5.41) is 15.6. The molecule has 8 nitrogen and oxygen atoms in total. The second-order valence-electron chi connectivity index (χ2n) is 8.18. The van der Waals surface area contributed by atoms with E-state index in [4.69, 9.17) is 21.3 Å². The van der Waals surface area contributed by atoms with Gasteiger partial charge in [0.15, 0.2) is 16.7 Å². The molecule has 1 aliphatic rings. The van der Waals surface area contributed by atoms with Crippen LogP contribution in [-0.4, -0.2) is 39.6 Å². The molecule has 12 heteroatoms. The SMILES string of the molecule is COc1cc(/C=N/NC(=O)CSc2nc3sc4c(c3c(=O)n2-c2ccc(Cl)cc2)CCC4)cc(Br)c1O. The van der Waals surface area contributed by atoms with Crippen LogP contribution in [-0.2, 0) is 17.6 Å². The van der Waals surface area contributed by atoms with Crippen molar-refractivity contribution in [2.45, 2.75) is 24.4 Å². The summed E-state index contributed by atoms with van der Waals surface area (Å²) >= 11 is 12.0. The molecule has 0 bridgehead atoms. The van der Waals surface area contributed by atoms with E-state index in [1.54, 1.807) is 52.3 Å². The zero-order chi connectivity index (χ0) is 26.1. The summed E-state index contributed by atoms with van der Waals surface area (Å²) in [6.07, 6.45) is 4.32. The number of thiophene rings is 1. The predicted molar refractivity (Wildman–Crippen MR) is 151 cm³/mol. The molecule has 2 N–H and O–H groups in total. The van der Waals surface area contributed by atoms with Crippen molar-refractivity contribution in [2.24, 2.45) is 5.10 Å². The molecule has 0 spiro atoms. The number of aromatic hydroxyl groups is 1. The molecule has 4 aromatic rings. The number of carbonyl (C=O) groups excluding carboxylic acids is 1. The molecular weight excluding hydrogens is 600 g/mol. The van der Waals surface area contributed by atoms with E-state index in [-0.39, 0.29) is 28.7 Å². The number of aromatic nitrogens is 2. The largest absolute Gasteiger partial charge is 0.503 e. The lowest BCUT2D eigenvalue weighted by atomic mass is 10.2. The maximum Gasteiger partial charge on any atom is 0.267 e. The van der Waals surface area contributed by atoms with Gasteiger partial charge in [0, 0.05) is 9.90 Å². The fourth-order valence-corrected chi connectivity index (χ4v) is 6.80. The Balaban J connectivity index is 1.38. The second kappa shape index (κ2) is 10.9. The van der Waals surface area contributed by atoms with E-state index >= 15 is 0 Å². The number of rotatable bonds is 7. The van der Waals surface area contributed by atoms with Crippen molar-refractivity contribution in [3.05, 3.63) is 72.3 Å². The zero-order valence-electron chi connectivity index (χ0n) is 19.5. The van der Waals surface area contributed by atoms with E-state index < -0.39 is 0 Å². The lowest BCUT2D eigenvalue weighted by Gasteiger charge is -2.12. The molecule has 37 heavy (non-hydrogen) atoms. The first-order valence-electron chi connectivity index (χ1n) is 11.2. The quantitative estimate of drug-likeness (QED) is 0.126. The third-order valence-electron chi connectivity index (χ3n) is 5.80. The van der Waals surface area contributed by atoms with Gasteiger partial charge in [-0.25, -0.2) is 10.4 Å². The molecule has 0 saturated heterocycles. The maximum absolute atomic E-state index is 13.7. The second-order valence-corrected chi connectivity index (χ2v) is 11.5. The Bertz CT molecular complexity index is 1600. The predicted octanol–water partition coefficient (Wildman–Crippen LogP) is 5.31. The van der Waals surface area contributed by atoms with E-state index in [2.05, 4.69) is 26.5 Å². The number of amides is 1. The van der Waals surface area contributed by atoms with Crippen molar-refractivity contribution >= 4 is 73.0 Å². The molecule has 0 atom stereocenters. The van der Waals surface area contributed by atoms with Gasteiger partial charge in [-0.1, -0.05) is 23.4 Å². The molecule has 190 valence electrons. The highest BCUT2D eigenvalue weighted by Gasteiger charge is 2.24. The molecule has 2 heterocycles. The number of thioether (sulfide) groups is 1. The average Bonchev–Trinajstić information content (AvgIpc) is 3.47. The van der Waals surface area contributed by atoms with Crippen molar-refractivity contribution in [1.82, 2.24) is 15.0 Å². The van der Waals surface area contributed by atoms with Crippen LogP contribution in [0.25, 0.3) is 15.9 Å². The standard InChI is InChI=1S/C25H20BrClN4O4S2/c1-35-18-10-13(9-17(26)22(18)33)11-28-30-20(32)12-36-25-29-23-21(16-3-2-4-19(16)37-23)24(34)31(25)15-7-5-14(27)6-8-15/h5-11,33H,2-4,12H2,1H3,(H,30,32)/b28-11+. The Morgan fingerprint density at radius 2 is 2.14 bits per heavy atom. The summed E-state index contributed by atoms with van der Waals surface area (Å²) in [5.41, 5.74) is 4.69. The molecule has 0 fully saturated rings. The van der Waals surface area contributed by atoms with Crippen LogP contribution in [0.2, 0.25) is 5.02 Å². The maximum atomic E-state index is 13.7. The molecule has 0 aliphatic heterocycles. The number of ether oxygens (including phenoxy) is 1. The van der Waals surface area contributed by atoms with E-state index in [9.17, 15) is 14.7 Å². The normalized spacial score (nSPS) is 12.8. The summed E-state index contributed by atoms with van der Waals surface area (Å²) in [5.74, 6) is -0.112. The third kappa shape index (κ3) is 5.26. The van der Waals surface area contributed by atoms with Crippen molar-refractivity contribution in [2.75, 3.05) is 12.9 Å². The van der Waals surface area contributed by atoms with Gasteiger partial charge in [0.2, 0.25) is 0 Å². The van der Waals surface area contributed by atoms with Gasteiger partial charge in [0.05, 0.1) is 34.6 Å². The van der Waals surface area contributed by atoms with Gasteiger partial charge in [-0.05, 0) is 82.7 Å². The highest BCUT2D eigenvalue weighted by atomic mass is 79.9. The van der Waals surface area contributed by atoms with Crippen LogP contribution >= 0.6 is 50.6 Å². The van der Waals surface area contributed by atoms with Crippen LogP contribution in [0, 0.1) is 0 Å². The monoisotopic (exact) mass is 618 g/mol. The number of nitrogens with one attached hydrogen (secondary N) is 1. The Morgan fingerprint density at radius 3 is 2.89 bits per heavy atom. The topological polar surface area (TPSA) is 106 Å². The van der Waals surface area contributed by atoms with Crippen LogP contribution < -0.4 is 15.7 Å². The fourth-order valence-electron chi connectivity index (χ4n) is 4.10. The van der Waals surface area contributed by atoms with E-state index in [1.165, 1.54) is 18.2 Å². The highest BCUT2D eigenvalue weighted by Crippen LogP contribution is 2.36. The molecule has 1 aliphatic carbocycles. The van der Waals surface area contributed by atoms with Gasteiger partial charge in [-0.2, -0.15) is 5.10 Å². The number of phenolic OH excluding ortho intramolecular Hbond substituents is 1. The van der Waals surface area contributed by atoms with Crippen molar-refractivity contribution in [3.63, 3.8) is 0 Å². The lowest BCUT2D eigenvalue weighted by Crippen LogP contribution is -2.24. The van der Waals surface area contributed by atoms with Gasteiger partial charge in [0.25, 0.3) is 11.5 Å². The number of carbonyl (C=O) groups is 1. The highest BCUT2D eigenvalue weighted by molar-refractivity contribution is 9.10. The number of methoxy groups -OCH3 is 1. The third-order valence-corrected chi connectivity index (χ3v) is 8.78. The van der Waals surface area contributed by atoms with Crippen LogP contribution in [0.3, 0.4) is 0 Å². The molecule has 2 aromatic heterocycles. The van der Waals surface area contributed by atoms with Gasteiger partial charge in [0.1, 0.15) is 4.83 Å². The number of nitrogens with zero attached hydrogens (tertiary/aromatic N) is 3. The summed E-state index contributed by atoms with van der Waals surface area (Å²) in [4.78, 5) is 32.9. The first-order valence-corrected chi connectivity index (χ1v) is 14.2. The summed E-state index contributed by atoms with van der Waals surface area (Å²) in [6, 6.07) is 10.2. The minimum absolute atomic E-state index is 0.00341. The molecule has 0 radical (unpaired) electrons. The van der Waals surface area contributed by atoms with Crippen LogP contribution in [0.4, 0.5) is 0 Å². The summed E-state index contributed by atoms with van der Waals surface area (Å²) < 4.78 is 7.11. The zero-order valence-corrected chi connectivity index (χ0v) is 23.4. The number of fused-ring (bicyclic) bond motifs is 3. The minimum Gasteiger partial charge on any atom is -0.503 e. The van der Waals surface area contributed by atoms with E-state index in [0.717, 1.165) is 36.6 Å². The van der Waals surface area contributed by atoms with Crippen LogP contribution in [0.5, 0.6) is 11.5 Å². The molecular formula is C25H20BrClN4O4S2. The van der Waals surface area contributed by atoms with Gasteiger partial charge in [-0.3, -0.25) is 14.2 Å². The molecule has 0 saturated carbocycles. The number of aryl methyl sites for hydroxylation is 2. The lowest BCUT2D eigenvalue weighted by molar-refractivity contribution is -0.118. The Kier molecular flexibility index (Phi) is 7.57. The van der Waals surface area contributed by atoms with Crippen LogP contribution in [0.1, 0.15) is 22.4 Å². The molecule has 5 rings (SSSR count). The first kappa shape index (κ1) is 25.8. The summed E-state index contributed by atoms with van der Waals surface area (Å²) in [7, 11) is 1.44. The number of benzene rings is 2. The van der Waals surface area contributed by atoms with Gasteiger partial charge < -0.3 is 9.84 Å². The Morgan fingerprint density at radius 1 is 1.35 bits per heavy atom. The van der Waals surface area contributed by atoms with Crippen molar-refractivity contribution in [1.29, 1.82) is 0 Å². The van der Waals surface area contributed by atoms with Crippen molar-refractivity contribution < 1.29 is 14.6 Å². The van der Waals surface area contributed by atoms with Crippen LogP contribution in [0.15, 0.2) is 55.9 Å². The Labute approximate surface area is 233 Å². The fraction of sp³-hybridized carbons (Fsp3) is 0.200. The molecule has 1 amide bonds. The van der Waals surface area contributed by atoms with Gasteiger partial charge >= 0.3 is 0 Å². The molecule has 0 unspecified atom stereocenters. The minimum atomic E-state index is -0.364. The smallest absolute Gasteiger partial charge is 0.267 e. The summed E-state index contributed by atoms with van der Waals surface area (Å²) in [6.45, 7) is 0. The van der Waals surface area contributed by atoms with Gasteiger partial charge in [-0.15, -0.1) is 11.3 Å². The van der Waals surface area contributed by atoms with E-state index in [0.29, 0.717) is 36.1 Å². The number of hydrogen-bond donors (Lipinski definition) is 2. The Hall–Kier alpha value is -2.86. The number of hydrogen-bond acceptors (Lipinski definition) is 8. The van der Waals surface area contributed by atoms with E-state index in [1.807, 2.05) is 0 Å². The first-order chi connectivity index (χ1) is 17.9. The number of phenols is 1. The number of halogens is 2. The molecule has 2 aromatic carbocycles.